The molecule has 1 unspecified atom stereocenters. The summed E-state index contributed by atoms with van der Waals surface area (Å²) in [6, 6.07) is 2.18. The van der Waals surface area contributed by atoms with Crippen molar-refractivity contribution in [1.82, 2.24) is 15.3 Å². The Balaban J connectivity index is 2.24. The number of aromatic nitrogens is 2. The lowest BCUT2D eigenvalue weighted by molar-refractivity contribution is 0.571. The lowest BCUT2D eigenvalue weighted by Crippen LogP contribution is -2.20. The van der Waals surface area contributed by atoms with Crippen LogP contribution in [0.5, 0.6) is 0 Å². The van der Waals surface area contributed by atoms with E-state index in [1.165, 1.54) is 4.88 Å². The molecule has 0 amide bonds. The number of hydrogen-bond acceptors (Lipinski definition) is 4. The van der Waals surface area contributed by atoms with Gasteiger partial charge in [-0.15, -0.1) is 11.3 Å². The molecule has 0 saturated heterocycles. The van der Waals surface area contributed by atoms with Crippen molar-refractivity contribution in [2.45, 2.75) is 26.3 Å². The summed E-state index contributed by atoms with van der Waals surface area (Å²) in [5, 5.41) is 4.46. The number of hydrogen-bond donors (Lipinski definition) is 1. The molecule has 1 atom stereocenters. The van der Waals surface area contributed by atoms with Gasteiger partial charge in [0.1, 0.15) is 0 Å². The summed E-state index contributed by atoms with van der Waals surface area (Å²) in [7, 11) is 1.95. The molecule has 0 saturated carbocycles. The maximum Gasteiger partial charge on any atom is 0.0950 e. The Morgan fingerprint density at radius 2 is 2.11 bits per heavy atom. The summed E-state index contributed by atoms with van der Waals surface area (Å²) in [5.74, 6) is 0. The van der Waals surface area contributed by atoms with Crippen molar-refractivity contribution in [3.05, 3.63) is 42.5 Å². The average molecular weight is 405 g/mol. The van der Waals surface area contributed by atoms with Crippen molar-refractivity contribution < 1.29 is 0 Å². The normalized spacial score (nSPS) is 12.7. The minimum atomic E-state index is 0.160. The second-order valence-corrected chi connectivity index (χ2v) is 7.37. The fourth-order valence-electron chi connectivity index (χ4n) is 1.82. The van der Waals surface area contributed by atoms with Gasteiger partial charge >= 0.3 is 0 Å². The highest BCUT2D eigenvalue weighted by Crippen LogP contribution is 2.28. The first-order valence-electron chi connectivity index (χ1n) is 5.92. The second kappa shape index (κ2) is 6.43. The first-order chi connectivity index (χ1) is 9.01. The molecule has 0 bridgehead atoms. The Bertz CT molecular complexity index is 564. The fourth-order valence-corrected chi connectivity index (χ4v) is 4.06. The van der Waals surface area contributed by atoms with Crippen LogP contribution in [-0.4, -0.2) is 17.0 Å². The van der Waals surface area contributed by atoms with Crippen molar-refractivity contribution >= 4 is 43.2 Å². The molecule has 0 aromatic carbocycles. The van der Waals surface area contributed by atoms with E-state index in [0.29, 0.717) is 0 Å². The maximum absolute atomic E-state index is 4.60. The van der Waals surface area contributed by atoms with E-state index >= 15 is 0 Å². The molecular weight excluding hydrogens is 390 g/mol. The van der Waals surface area contributed by atoms with Crippen LogP contribution < -0.4 is 5.32 Å². The number of thiazole rings is 1. The van der Waals surface area contributed by atoms with E-state index in [-0.39, 0.29) is 6.04 Å². The largest absolute Gasteiger partial charge is 0.311 e. The molecule has 19 heavy (non-hydrogen) atoms. The fraction of sp³-hybridized carbons (Fsp3) is 0.385. The van der Waals surface area contributed by atoms with E-state index in [1.54, 1.807) is 11.3 Å². The molecule has 3 nitrogen and oxygen atoms in total. The highest BCUT2D eigenvalue weighted by Gasteiger charge is 2.17. The minimum absolute atomic E-state index is 0.160. The number of nitrogens with one attached hydrogen (secondary N) is 1. The van der Waals surface area contributed by atoms with Gasteiger partial charge < -0.3 is 5.32 Å². The molecule has 0 aliphatic rings. The van der Waals surface area contributed by atoms with Crippen LogP contribution in [-0.2, 0) is 6.42 Å². The predicted molar refractivity (Wildman–Crippen MR) is 86.7 cm³/mol. The number of nitrogens with zero attached hydrogens (tertiary/aromatic N) is 2. The smallest absolute Gasteiger partial charge is 0.0950 e. The molecule has 0 aliphatic carbocycles. The summed E-state index contributed by atoms with van der Waals surface area (Å²) in [4.78, 5) is 10.4. The molecule has 102 valence electrons. The van der Waals surface area contributed by atoms with Gasteiger partial charge in [-0.05, 0) is 58.8 Å². The van der Waals surface area contributed by atoms with Crippen LogP contribution in [0.2, 0.25) is 0 Å². The SMILES string of the molecule is CNC(Cc1nc(C)c(C)s1)c1ncc(Br)cc1Br. The lowest BCUT2D eigenvalue weighted by atomic mass is 10.1. The second-order valence-electron chi connectivity index (χ2n) is 4.32. The molecule has 2 heterocycles. The van der Waals surface area contributed by atoms with Crippen LogP contribution in [0.3, 0.4) is 0 Å². The molecule has 2 aromatic heterocycles. The van der Waals surface area contributed by atoms with Crippen LogP contribution in [0.4, 0.5) is 0 Å². The van der Waals surface area contributed by atoms with E-state index in [0.717, 1.165) is 31.8 Å². The van der Waals surface area contributed by atoms with Gasteiger partial charge in [-0.25, -0.2) is 4.98 Å². The third kappa shape index (κ3) is 3.62. The third-order valence-electron chi connectivity index (χ3n) is 2.97. The molecule has 6 heteroatoms. The third-order valence-corrected chi connectivity index (χ3v) is 5.13. The topological polar surface area (TPSA) is 37.8 Å². The minimum Gasteiger partial charge on any atom is -0.311 e. The number of likely N-dealkylation sites (N-methyl/N-ethyl adjacent to an activating group) is 1. The number of pyridine rings is 1. The van der Waals surface area contributed by atoms with E-state index in [2.05, 4.69) is 61.0 Å². The zero-order valence-corrected chi connectivity index (χ0v) is 15.0. The Labute approximate surface area is 134 Å². The van der Waals surface area contributed by atoms with E-state index < -0.39 is 0 Å². The summed E-state index contributed by atoms with van der Waals surface area (Å²) in [6.07, 6.45) is 2.67. The molecule has 0 spiro atoms. The highest BCUT2D eigenvalue weighted by atomic mass is 79.9. The van der Waals surface area contributed by atoms with E-state index in [9.17, 15) is 0 Å². The maximum atomic E-state index is 4.60. The van der Waals surface area contributed by atoms with Crippen molar-refractivity contribution in [3.8, 4) is 0 Å². The van der Waals surface area contributed by atoms with Crippen molar-refractivity contribution in [1.29, 1.82) is 0 Å². The quantitative estimate of drug-likeness (QED) is 0.830. The van der Waals surface area contributed by atoms with Gasteiger partial charge in [0.2, 0.25) is 0 Å². The van der Waals surface area contributed by atoms with Gasteiger partial charge in [-0.3, -0.25) is 4.98 Å². The van der Waals surface area contributed by atoms with E-state index in [1.807, 2.05) is 19.3 Å². The van der Waals surface area contributed by atoms with Crippen LogP contribution in [0.1, 0.15) is 27.3 Å². The van der Waals surface area contributed by atoms with Crippen molar-refractivity contribution in [2.75, 3.05) is 7.05 Å². The van der Waals surface area contributed by atoms with Crippen LogP contribution in [0, 0.1) is 13.8 Å². The monoisotopic (exact) mass is 403 g/mol. The van der Waals surface area contributed by atoms with Crippen molar-refractivity contribution in [3.63, 3.8) is 0 Å². The van der Waals surface area contributed by atoms with Gasteiger partial charge in [0.25, 0.3) is 0 Å². The highest BCUT2D eigenvalue weighted by molar-refractivity contribution is 9.11. The van der Waals surface area contributed by atoms with Gasteiger partial charge in [-0.2, -0.15) is 0 Å². The summed E-state index contributed by atoms with van der Waals surface area (Å²) in [5.41, 5.74) is 2.13. The molecule has 0 aliphatic heterocycles. The van der Waals surface area contributed by atoms with Crippen LogP contribution in [0.15, 0.2) is 21.2 Å². The standard InChI is InChI=1S/C13H15Br2N3S/c1-7-8(2)19-12(18-7)5-11(16-3)13-10(15)4-9(14)6-17-13/h4,6,11,16H,5H2,1-3H3. The zero-order chi connectivity index (χ0) is 14.0. The van der Waals surface area contributed by atoms with E-state index in [4.69, 9.17) is 0 Å². The summed E-state index contributed by atoms with van der Waals surface area (Å²) >= 11 is 8.75. The average Bonchev–Trinajstić information content (AvgIpc) is 2.66. The molecular formula is C13H15Br2N3S. The summed E-state index contributed by atoms with van der Waals surface area (Å²) < 4.78 is 1.98. The van der Waals surface area contributed by atoms with Crippen LogP contribution >= 0.6 is 43.2 Å². The molecule has 2 aromatic rings. The molecule has 0 fully saturated rings. The molecule has 0 radical (unpaired) electrons. The van der Waals surface area contributed by atoms with Crippen molar-refractivity contribution in [2.24, 2.45) is 0 Å². The van der Waals surface area contributed by atoms with Gasteiger partial charge in [0.15, 0.2) is 0 Å². The summed E-state index contributed by atoms with van der Waals surface area (Å²) in [6.45, 7) is 4.16. The number of rotatable bonds is 4. The first kappa shape index (κ1) is 15.1. The van der Waals surface area contributed by atoms with Crippen LogP contribution in [0.25, 0.3) is 0 Å². The van der Waals surface area contributed by atoms with Gasteiger partial charge in [0.05, 0.1) is 22.4 Å². The Morgan fingerprint density at radius 1 is 1.37 bits per heavy atom. The number of halogens is 2. The Hall–Kier alpha value is -0.300. The number of aryl methyl sites for hydroxylation is 2. The Morgan fingerprint density at radius 3 is 2.63 bits per heavy atom. The lowest BCUT2D eigenvalue weighted by Gasteiger charge is -2.15. The van der Waals surface area contributed by atoms with Gasteiger partial charge in [-0.1, -0.05) is 0 Å². The zero-order valence-electron chi connectivity index (χ0n) is 11.0. The Kier molecular flexibility index (Phi) is 5.11. The molecule has 1 N–H and O–H groups in total. The van der Waals surface area contributed by atoms with Gasteiger partial charge in [0, 0.05) is 26.4 Å². The predicted octanol–water partition coefficient (Wildman–Crippen LogP) is 4.18. The molecule has 2 rings (SSSR count). The first-order valence-corrected chi connectivity index (χ1v) is 8.32.